The van der Waals surface area contributed by atoms with Gasteiger partial charge in [0, 0.05) is 18.6 Å². The molecule has 0 saturated heterocycles. The second-order valence-electron chi connectivity index (χ2n) is 2.32. The third-order valence-corrected chi connectivity index (χ3v) is 1.57. The molecule has 2 aliphatic heterocycles. The Morgan fingerprint density at radius 3 is 2.92 bits per heavy atom. The molecule has 2 rings (SSSR count). The first-order chi connectivity index (χ1) is 5.79. The molecule has 6 heteroatoms. The Balaban J connectivity index is 0.000000845. The van der Waals surface area contributed by atoms with E-state index in [0.29, 0.717) is 17.1 Å². The molecule has 0 radical (unpaired) electrons. The molecule has 0 unspecified atom stereocenters. The lowest BCUT2D eigenvalue weighted by molar-refractivity contribution is 0.100. The average Bonchev–Trinajstić information content (AvgIpc) is 2.47. The van der Waals surface area contributed by atoms with E-state index in [-0.39, 0.29) is 12.4 Å². The number of halogens is 1. The number of aromatic amines is 1. The van der Waals surface area contributed by atoms with Crippen LogP contribution in [0.1, 0.15) is 10.4 Å². The number of hydrogen-bond donors (Lipinski definition) is 2. The van der Waals surface area contributed by atoms with E-state index in [1.807, 2.05) is 0 Å². The van der Waals surface area contributed by atoms with Crippen molar-refractivity contribution >= 4 is 18.3 Å². The molecule has 0 aromatic carbocycles. The van der Waals surface area contributed by atoms with Gasteiger partial charge in [-0.3, -0.25) is 4.79 Å². The van der Waals surface area contributed by atoms with Crippen molar-refractivity contribution < 1.29 is 4.79 Å². The van der Waals surface area contributed by atoms with E-state index in [1.165, 1.54) is 6.20 Å². The molecule has 68 valence electrons. The average molecular weight is 199 g/mol. The highest BCUT2D eigenvalue weighted by Crippen LogP contribution is 2.18. The molecule has 3 N–H and O–H groups in total. The maximum Gasteiger partial charge on any atom is 0.252 e. The SMILES string of the molecule is Cl.NC(=O)c1cnc2ncc[nH]c1-2. The van der Waals surface area contributed by atoms with E-state index < -0.39 is 5.91 Å². The minimum Gasteiger partial charge on any atom is -0.365 e. The molecular formula is C7H7ClN4O. The van der Waals surface area contributed by atoms with Crippen molar-refractivity contribution in [1.82, 2.24) is 15.0 Å². The first-order valence-corrected chi connectivity index (χ1v) is 3.37. The molecule has 0 aromatic heterocycles. The molecule has 2 heterocycles. The number of rotatable bonds is 1. The molecule has 13 heavy (non-hydrogen) atoms. The van der Waals surface area contributed by atoms with Gasteiger partial charge < -0.3 is 10.7 Å². The van der Waals surface area contributed by atoms with Gasteiger partial charge in [-0.2, -0.15) is 0 Å². The van der Waals surface area contributed by atoms with Gasteiger partial charge in [0.15, 0.2) is 5.82 Å². The van der Waals surface area contributed by atoms with E-state index in [9.17, 15) is 4.79 Å². The summed E-state index contributed by atoms with van der Waals surface area (Å²) in [5, 5.41) is 0. The van der Waals surface area contributed by atoms with Crippen LogP contribution < -0.4 is 5.73 Å². The fourth-order valence-electron chi connectivity index (χ4n) is 1.03. The van der Waals surface area contributed by atoms with Crippen molar-refractivity contribution in [3.8, 4) is 11.5 Å². The van der Waals surface area contributed by atoms with E-state index in [2.05, 4.69) is 15.0 Å². The highest BCUT2D eigenvalue weighted by molar-refractivity contribution is 5.98. The summed E-state index contributed by atoms with van der Waals surface area (Å²) in [6.45, 7) is 0. The highest BCUT2D eigenvalue weighted by atomic mass is 35.5. The molecule has 0 fully saturated rings. The zero-order valence-electron chi connectivity index (χ0n) is 6.52. The number of H-pyrrole nitrogens is 1. The molecule has 0 aromatic rings. The molecule has 1 amide bonds. The molecule has 5 nitrogen and oxygen atoms in total. The Hall–Kier alpha value is -1.62. The van der Waals surface area contributed by atoms with Crippen LogP contribution in [0.3, 0.4) is 0 Å². The van der Waals surface area contributed by atoms with Crippen LogP contribution in [0.4, 0.5) is 0 Å². The predicted octanol–water partition coefficient (Wildman–Crippen LogP) is 0.430. The van der Waals surface area contributed by atoms with Crippen molar-refractivity contribution in [1.29, 1.82) is 0 Å². The van der Waals surface area contributed by atoms with Crippen LogP contribution in [-0.4, -0.2) is 20.9 Å². The standard InChI is InChI=1S/C7H6N4O.ClH/c8-6(12)4-3-11-7-5(4)9-1-2-10-7;/h1-3,9H,(H2,8,12);1H. The zero-order valence-corrected chi connectivity index (χ0v) is 7.34. The predicted molar refractivity (Wildman–Crippen MR) is 48.8 cm³/mol. The third-order valence-electron chi connectivity index (χ3n) is 1.57. The van der Waals surface area contributed by atoms with Gasteiger partial charge in [-0.05, 0) is 0 Å². The summed E-state index contributed by atoms with van der Waals surface area (Å²) < 4.78 is 0. The second-order valence-corrected chi connectivity index (χ2v) is 2.32. The normalized spacial score (nSPS) is 9.54. The first-order valence-electron chi connectivity index (χ1n) is 3.37. The quantitative estimate of drug-likeness (QED) is 0.697. The lowest BCUT2D eigenvalue weighted by Gasteiger charge is -1.96. The Morgan fingerprint density at radius 2 is 2.23 bits per heavy atom. The number of primary amides is 1. The number of carbonyl (C=O) groups is 1. The van der Waals surface area contributed by atoms with Crippen LogP contribution in [0.15, 0.2) is 18.6 Å². The lowest BCUT2D eigenvalue weighted by atomic mass is 10.2. The van der Waals surface area contributed by atoms with Gasteiger partial charge in [0.25, 0.3) is 5.91 Å². The summed E-state index contributed by atoms with van der Waals surface area (Å²) in [4.78, 5) is 21.5. The van der Waals surface area contributed by atoms with Crippen molar-refractivity contribution in [3.63, 3.8) is 0 Å². The fourth-order valence-corrected chi connectivity index (χ4v) is 1.03. The topological polar surface area (TPSA) is 84.7 Å². The van der Waals surface area contributed by atoms with E-state index in [1.54, 1.807) is 12.4 Å². The highest BCUT2D eigenvalue weighted by Gasteiger charge is 2.15. The van der Waals surface area contributed by atoms with Crippen LogP contribution >= 0.6 is 12.4 Å². The van der Waals surface area contributed by atoms with Gasteiger partial charge in [0.2, 0.25) is 0 Å². The smallest absolute Gasteiger partial charge is 0.252 e. The molecule has 0 atom stereocenters. The van der Waals surface area contributed by atoms with Gasteiger partial charge in [-0.15, -0.1) is 12.4 Å². The van der Waals surface area contributed by atoms with Crippen molar-refractivity contribution in [2.24, 2.45) is 5.73 Å². The monoisotopic (exact) mass is 198 g/mol. The van der Waals surface area contributed by atoms with E-state index >= 15 is 0 Å². The minimum atomic E-state index is -0.498. The summed E-state index contributed by atoms with van der Waals surface area (Å²) in [6, 6.07) is 0. The Kier molecular flexibility index (Phi) is 2.48. The maximum absolute atomic E-state index is 10.8. The number of nitrogens with zero attached hydrogens (tertiary/aromatic N) is 2. The first kappa shape index (κ1) is 9.47. The van der Waals surface area contributed by atoms with Crippen LogP contribution in [0, 0.1) is 0 Å². The molecule has 0 aliphatic carbocycles. The summed E-state index contributed by atoms with van der Waals surface area (Å²) in [7, 11) is 0. The molecule has 0 spiro atoms. The number of nitrogens with two attached hydrogens (primary N) is 1. The number of amides is 1. The molecule has 0 bridgehead atoms. The Bertz CT molecular complexity index is 399. The minimum absolute atomic E-state index is 0. The summed E-state index contributed by atoms with van der Waals surface area (Å²) in [5.41, 5.74) is 6.06. The number of fused-ring (bicyclic) bond motifs is 1. The fraction of sp³-hybridized carbons (Fsp3) is 0. The lowest BCUT2D eigenvalue weighted by Crippen LogP contribution is -2.11. The van der Waals surface area contributed by atoms with Crippen molar-refractivity contribution in [2.45, 2.75) is 0 Å². The number of hydrogen-bond acceptors (Lipinski definition) is 3. The summed E-state index contributed by atoms with van der Waals surface area (Å²) >= 11 is 0. The van der Waals surface area contributed by atoms with Gasteiger partial charge >= 0.3 is 0 Å². The van der Waals surface area contributed by atoms with Gasteiger partial charge in [0.1, 0.15) is 0 Å². The Morgan fingerprint density at radius 1 is 1.46 bits per heavy atom. The summed E-state index contributed by atoms with van der Waals surface area (Å²) in [5.74, 6) is 0.00745. The Labute approximate surface area is 80.1 Å². The largest absolute Gasteiger partial charge is 0.365 e. The number of carbonyl (C=O) groups excluding carboxylic acids is 1. The van der Waals surface area contributed by atoms with Gasteiger partial charge in [-0.1, -0.05) is 0 Å². The van der Waals surface area contributed by atoms with Gasteiger partial charge in [-0.25, -0.2) is 9.97 Å². The molecular weight excluding hydrogens is 192 g/mol. The maximum atomic E-state index is 10.8. The molecule has 0 saturated carbocycles. The van der Waals surface area contributed by atoms with E-state index in [0.717, 1.165) is 0 Å². The van der Waals surface area contributed by atoms with Crippen LogP contribution in [0.2, 0.25) is 0 Å². The number of aromatic nitrogens is 3. The van der Waals surface area contributed by atoms with Crippen molar-refractivity contribution in [3.05, 3.63) is 24.2 Å². The summed E-state index contributed by atoms with van der Waals surface area (Å²) in [6.07, 6.45) is 4.60. The van der Waals surface area contributed by atoms with E-state index in [4.69, 9.17) is 5.73 Å². The van der Waals surface area contributed by atoms with Crippen LogP contribution in [0.25, 0.3) is 11.5 Å². The number of nitrogens with one attached hydrogen (secondary N) is 1. The molecule has 2 aliphatic rings. The second kappa shape index (κ2) is 3.40. The van der Waals surface area contributed by atoms with Gasteiger partial charge in [0.05, 0.1) is 11.3 Å². The van der Waals surface area contributed by atoms with Crippen LogP contribution in [0.5, 0.6) is 0 Å². The zero-order chi connectivity index (χ0) is 8.55. The van der Waals surface area contributed by atoms with Crippen LogP contribution in [-0.2, 0) is 0 Å². The van der Waals surface area contributed by atoms with Crippen molar-refractivity contribution in [2.75, 3.05) is 0 Å². The third kappa shape index (κ3) is 1.46.